The quantitative estimate of drug-likeness (QED) is 0.696. The Morgan fingerprint density at radius 2 is 2.14 bits per heavy atom. The third kappa shape index (κ3) is 1.71. The van der Waals surface area contributed by atoms with E-state index in [0.29, 0.717) is 5.78 Å². The van der Waals surface area contributed by atoms with Crippen molar-refractivity contribution in [2.75, 3.05) is 11.5 Å². The predicted octanol–water partition coefficient (Wildman–Crippen LogP) is 2.66. The van der Waals surface area contributed by atoms with E-state index < -0.39 is 0 Å². The van der Waals surface area contributed by atoms with Crippen molar-refractivity contribution in [1.29, 1.82) is 0 Å². The molecule has 0 amide bonds. The maximum atomic E-state index is 11.6. The van der Waals surface area contributed by atoms with Gasteiger partial charge in [-0.1, -0.05) is 25.5 Å². The largest absolute Gasteiger partial charge is 0.289 e. The smallest absolute Gasteiger partial charge is 0.217 e. The van der Waals surface area contributed by atoms with Gasteiger partial charge in [0.05, 0.1) is 5.56 Å². The van der Waals surface area contributed by atoms with E-state index in [-0.39, 0.29) is 10.9 Å². The summed E-state index contributed by atoms with van der Waals surface area (Å²) in [6.07, 6.45) is 2.46. The SMILES string of the molecule is CCCC[S+]1CC(=O)c2ccccc21. The molecule has 0 saturated heterocycles. The molecule has 1 aliphatic heterocycles. The Morgan fingerprint density at radius 3 is 2.93 bits per heavy atom. The van der Waals surface area contributed by atoms with Gasteiger partial charge in [0.15, 0.2) is 10.6 Å². The number of Topliss-reactive ketones (excluding diaryl/α,β-unsaturated/α-hetero) is 1. The van der Waals surface area contributed by atoms with E-state index in [4.69, 9.17) is 0 Å². The normalized spacial score (nSPS) is 19.8. The number of ketones is 1. The zero-order chi connectivity index (χ0) is 9.97. The van der Waals surface area contributed by atoms with Crippen molar-refractivity contribution in [2.45, 2.75) is 24.7 Å². The number of hydrogen-bond donors (Lipinski definition) is 0. The second-order valence-electron chi connectivity index (χ2n) is 3.61. The Morgan fingerprint density at radius 1 is 1.36 bits per heavy atom. The molecule has 1 unspecified atom stereocenters. The number of fused-ring (bicyclic) bond motifs is 1. The molecule has 0 bridgehead atoms. The molecule has 0 saturated carbocycles. The van der Waals surface area contributed by atoms with Gasteiger partial charge in [0.2, 0.25) is 5.78 Å². The minimum absolute atomic E-state index is 0.218. The number of carbonyl (C=O) groups excluding carboxylic acids is 1. The van der Waals surface area contributed by atoms with Gasteiger partial charge < -0.3 is 0 Å². The third-order valence-corrected chi connectivity index (χ3v) is 4.92. The van der Waals surface area contributed by atoms with Crippen molar-refractivity contribution in [1.82, 2.24) is 0 Å². The average Bonchev–Trinajstić information content (AvgIpc) is 2.54. The van der Waals surface area contributed by atoms with E-state index in [2.05, 4.69) is 13.0 Å². The number of rotatable bonds is 3. The Labute approximate surface area is 87.9 Å². The molecule has 1 aliphatic rings. The first-order valence-electron chi connectivity index (χ1n) is 5.12. The van der Waals surface area contributed by atoms with Crippen molar-refractivity contribution in [3.05, 3.63) is 29.8 Å². The van der Waals surface area contributed by atoms with Crippen LogP contribution in [0.1, 0.15) is 30.1 Å². The molecule has 0 fully saturated rings. The van der Waals surface area contributed by atoms with Crippen molar-refractivity contribution < 1.29 is 4.79 Å². The van der Waals surface area contributed by atoms with Crippen LogP contribution in [0.15, 0.2) is 29.2 Å². The van der Waals surface area contributed by atoms with Crippen LogP contribution in [0.25, 0.3) is 0 Å². The van der Waals surface area contributed by atoms with E-state index in [1.165, 1.54) is 23.5 Å². The van der Waals surface area contributed by atoms with Crippen molar-refractivity contribution in [3.8, 4) is 0 Å². The lowest BCUT2D eigenvalue weighted by Crippen LogP contribution is -2.09. The minimum Gasteiger partial charge on any atom is -0.289 e. The van der Waals surface area contributed by atoms with Gasteiger partial charge in [-0.2, -0.15) is 0 Å². The fraction of sp³-hybridized carbons (Fsp3) is 0.417. The van der Waals surface area contributed by atoms with Crippen LogP contribution in [-0.4, -0.2) is 17.3 Å². The van der Waals surface area contributed by atoms with Crippen LogP contribution in [0.4, 0.5) is 0 Å². The highest BCUT2D eigenvalue weighted by Gasteiger charge is 2.37. The maximum Gasteiger partial charge on any atom is 0.217 e. The van der Waals surface area contributed by atoms with Gasteiger partial charge in [-0.25, -0.2) is 0 Å². The standard InChI is InChI=1S/C12H15OS/c1-2-3-8-14-9-11(13)10-6-4-5-7-12(10)14/h4-7H,2-3,8-9H2,1H3/q+1. The van der Waals surface area contributed by atoms with Gasteiger partial charge in [0, 0.05) is 10.9 Å². The summed E-state index contributed by atoms with van der Waals surface area (Å²) >= 11 is 0. The van der Waals surface area contributed by atoms with Crippen LogP contribution in [0.3, 0.4) is 0 Å². The van der Waals surface area contributed by atoms with Crippen molar-refractivity contribution in [2.24, 2.45) is 0 Å². The first-order chi connectivity index (χ1) is 6.83. The highest BCUT2D eigenvalue weighted by Crippen LogP contribution is 2.28. The van der Waals surface area contributed by atoms with Crippen LogP contribution in [0, 0.1) is 0 Å². The van der Waals surface area contributed by atoms with E-state index in [1.54, 1.807) is 0 Å². The summed E-state index contributed by atoms with van der Waals surface area (Å²) in [5.74, 6) is 2.30. The molecule has 0 radical (unpaired) electrons. The number of benzene rings is 1. The molecule has 0 spiro atoms. The van der Waals surface area contributed by atoms with Gasteiger partial charge in [0.25, 0.3) is 0 Å². The molecule has 14 heavy (non-hydrogen) atoms. The highest BCUT2D eigenvalue weighted by atomic mass is 32.2. The average molecular weight is 207 g/mol. The summed E-state index contributed by atoms with van der Waals surface area (Å²) in [5.41, 5.74) is 0.979. The topological polar surface area (TPSA) is 17.1 Å². The van der Waals surface area contributed by atoms with Gasteiger partial charge >= 0.3 is 0 Å². The first-order valence-corrected chi connectivity index (χ1v) is 6.69. The van der Waals surface area contributed by atoms with Gasteiger partial charge in [0.1, 0.15) is 5.75 Å². The Hall–Kier alpha value is -0.760. The fourth-order valence-corrected chi connectivity index (χ4v) is 4.16. The van der Waals surface area contributed by atoms with Crippen molar-refractivity contribution >= 4 is 16.7 Å². The molecular weight excluding hydrogens is 192 g/mol. The molecule has 0 aromatic heterocycles. The summed E-state index contributed by atoms with van der Waals surface area (Å²) < 4.78 is 0. The monoisotopic (exact) mass is 207 g/mol. The zero-order valence-corrected chi connectivity index (χ0v) is 9.27. The van der Waals surface area contributed by atoms with Crippen molar-refractivity contribution in [3.63, 3.8) is 0 Å². The molecule has 0 aliphatic carbocycles. The van der Waals surface area contributed by atoms with Crippen LogP contribution in [0.5, 0.6) is 0 Å². The summed E-state index contributed by atoms with van der Waals surface area (Å²) in [6, 6.07) is 8.10. The van der Waals surface area contributed by atoms with E-state index in [0.717, 1.165) is 11.3 Å². The number of unbranched alkanes of at least 4 members (excludes halogenated alkanes) is 1. The Bertz CT molecular complexity index is 346. The predicted molar refractivity (Wildman–Crippen MR) is 61.0 cm³/mol. The molecule has 1 aromatic carbocycles. The number of carbonyl (C=O) groups is 1. The summed E-state index contributed by atoms with van der Waals surface area (Å²) in [4.78, 5) is 13.0. The molecule has 1 heterocycles. The van der Waals surface area contributed by atoms with Gasteiger partial charge in [-0.15, -0.1) is 0 Å². The van der Waals surface area contributed by atoms with Gasteiger partial charge in [-0.05, 0) is 18.6 Å². The summed E-state index contributed by atoms with van der Waals surface area (Å²) in [7, 11) is 0.218. The molecular formula is C12H15OS+. The second kappa shape index (κ2) is 4.18. The van der Waals surface area contributed by atoms with Gasteiger partial charge in [-0.3, -0.25) is 4.79 Å². The van der Waals surface area contributed by atoms with Crippen LogP contribution >= 0.6 is 0 Å². The van der Waals surface area contributed by atoms with Crippen LogP contribution in [-0.2, 0) is 10.9 Å². The molecule has 1 atom stereocenters. The molecule has 2 rings (SSSR count). The molecule has 1 nitrogen and oxygen atoms in total. The lowest BCUT2D eigenvalue weighted by atomic mass is 10.2. The zero-order valence-electron chi connectivity index (χ0n) is 8.45. The molecule has 1 aromatic rings. The lowest BCUT2D eigenvalue weighted by Gasteiger charge is -1.99. The molecule has 0 N–H and O–H groups in total. The summed E-state index contributed by atoms with van der Waals surface area (Å²) in [5, 5.41) is 0. The highest BCUT2D eigenvalue weighted by molar-refractivity contribution is 7.98. The fourth-order valence-electron chi connectivity index (χ4n) is 1.76. The van der Waals surface area contributed by atoms with Crippen LogP contribution < -0.4 is 0 Å². The lowest BCUT2D eigenvalue weighted by molar-refractivity contribution is 0.102. The molecule has 2 heteroatoms. The first kappa shape index (κ1) is 9.78. The van der Waals surface area contributed by atoms with E-state index >= 15 is 0 Å². The minimum atomic E-state index is 0.218. The Balaban J connectivity index is 2.21. The molecule has 74 valence electrons. The maximum absolute atomic E-state index is 11.6. The van der Waals surface area contributed by atoms with E-state index in [9.17, 15) is 4.79 Å². The second-order valence-corrected chi connectivity index (χ2v) is 5.74. The summed E-state index contributed by atoms with van der Waals surface area (Å²) in [6.45, 7) is 2.20. The van der Waals surface area contributed by atoms with Crippen LogP contribution in [0.2, 0.25) is 0 Å². The Kier molecular flexibility index (Phi) is 2.92. The van der Waals surface area contributed by atoms with E-state index in [1.807, 2.05) is 18.2 Å². The third-order valence-electron chi connectivity index (χ3n) is 2.55. The number of hydrogen-bond acceptors (Lipinski definition) is 1.